The zero-order chi connectivity index (χ0) is 22.9. The van der Waals surface area contributed by atoms with Crippen molar-refractivity contribution in [2.75, 3.05) is 27.2 Å². The quantitative estimate of drug-likeness (QED) is 0.258. The van der Waals surface area contributed by atoms with Gasteiger partial charge in [-0.2, -0.15) is 0 Å². The fraction of sp³-hybridized carbons (Fsp3) is 0.231. The van der Waals surface area contributed by atoms with Crippen LogP contribution in [-0.2, 0) is 4.57 Å². The van der Waals surface area contributed by atoms with Crippen molar-refractivity contribution in [2.24, 2.45) is 0 Å². The van der Waals surface area contributed by atoms with Gasteiger partial charge in [-0.25, -0.2) is 0 Å². The van der Waals surface area contributed by atoms with Crippen molar-refractivity contribution in [3.8, 4) is 11.5 Å². The Morgan fingerprint density at radius 2 is 1.39 bits per heavy atom. The van der Waals surface area contributed by atoms with Crippen LogP contribution in [0.1, 0.15) is 30.0 Å². The molecule has 1 unspecified atom stereocenters. The van der Waals surface area contributed by atoms with Gasteiger partial charge in [0, 0.05) is 6.54 Å². The average molecular weight is 472 g/mol. The Morgan fingerprint density at radius 1 is 0.848 bits per heavy atom. The van der Waals surface area contributed by atoms with E-state index in [1.807, 2.05) is 56.6 Å². The van der Waals surface area contributed by atoms with Gasteiger partial charge in [0.2, 0.25) is 0 Å². The summed E-state index contributed by atoms with van der Waals surface area (Å²) in [6, 6.07) is 25.5. The van der Waals surface area contributed by atoms with Gasteiger partial charge in [-0.15, -0.1) is 0 Å². The van der Waals surface area contributed by atoms with Gasteiger partial charge in [-0.1, -0.05) is 61.5 Å². The van der Waals surface area contributed by atoms with Crippen LogP contribution in [0, 0.1) is 0 Å². The van der Waals surface area contributed by atoms with Gasteiger partial charge in [-0.05, 0) is 77.2 Å². The monoisotopic (exact) mass is 472 g/mol. The van der Waals surface area contributed by atoms with Crippen molar-refractivity contribution in [2.45, 2.75) is 13.3 Å². The topological polar surface area (TPSA) is 61.8 Å². The molecule has 5 nitrogen and oxygen atoms in total. The second kappa shape index (κ2) is 13.7. The van der Waals surface area contributed by atoms with Crippen LogP contribution in [0.3, 0.4) is 0 Å². The largest absolute Gasteiger partial charge is 1.00 e. The van der Waals surface area contributed by atoms with Crippen molar-refractivity contribution >= 4 is 19.4 Å². The Kier molecular flexibility index (Phi) is 11.3. The number of benzene rings is 3. The average Bonchev–Trinajstić information content (AvgIpc) is 2.79. The summed E-state index contributed by atoms with van der Waals surface area (Å²) in [4.78, 5) is 13.0. The molecule has 166 valence electrons. The minimum atomic E-state index is -2.94. The van der Waals surface area contributed by atoms with Crippen LogP contribution in [-0.4, -0.2) is 32.1 Å². The first-order chi connectivity index (χ1) is 15.5. The molecular weight excluding hydrogens is 444 g/mol. The first kappa shape index (κ1) is 27.3. The summed E-state index contributed by atoms with van der Waals surface area (Å²) in [5, 5.41) is 0. The number of hydrogen-bond donors (Lipinski definition) is 0. The van der Waals surface area contributed by atoms with E-state index in [1.54, 1.807) is 12.1 Å². The van der Waals surface area contributed by atoms with E-state index in [1.165, 1.54) is 5.57 Å². The van der Waals surface area contributed by atoms with Crippen LogP contribution in [0.15, 0.2) is 78.9 Å². The van der Waals surface area contributed by atoms with Crippen LogP contribution in [0.25, 0.3) is 11.1 Å². The summed E-state index contributed by atoms with van der Waals surface area (Å²) in [5.41, 5.74) is 5.50. The molecule has 0 fully saturated rings. The normalized spacial score (nSPS) is 12.0. The van der Waals surface area contributed by atoms with E-state index in [9.17, 15) is 9.46 Å². The molecule has 0 amide bonds. The van der Waals surface area contributed by atoms with Gasteiger partial charge in [0.25, 0.3) is 0 Å². The summed E-state index contributed by atoms with van der Waals surface area (Å²) >= 11 is 0. The van der Waals surface area contributed by atoms with Crippen LogP contribution in [0.2, 0.25) is 0 Å². The fourth-order valence-electron chi connectivity index (χ4n) is 3.51. The fourth-order valence-corrected chi connectivity index (χ4v) is 3.81. The molecule has 0 aromatic heterocycles. The van der Waals surface area contributed by atoms with Crippen molar-refractivity contribution in [3.05, 3.63) is 95.6 Å². The van der Waals surface area contributed by atoms with Gasteiger partial charge in [0.1, 0.15) is 12.4 Å². The molecular formula is C26H28NNaO4P+. The molecule has 0 N–H and O–H groups in total. The number of nitrogens with zero attached hydrogens (tertiary/aromatic N) is 1. The van der Waals surface area contributed by atoms with Gasteiger partial charge >= 0.3 is 37.8 Å². The maximum absolute atomic E-state index is 10.9. The van der Waals surface area contributed by atoms with Crippen LogP contribution < -0.4 is 43.7 Å². The standard InChI is InChI=1S/C26H28NO4P.Na/c1-4-25(20-8-6-5-7-9-20)26(22-12-16-24(17-13-22)31-32(28)29)21-10-14-23(15-11-21)30-19-18-27(2)3;/h5-17H,4,18-19H2,1-3H3;/q;+1/b26-25-;. The number of allylic oxidation sites excluding steroid dienone is 1. The van der Waals surface area contributed by atoms with E-state index in [-0.39, 0.29) is 29.6 Å². The maximum atomic E-state index is 10.9. The van der Waals surface area contributed by atoms with E-state index in [2.05, 4.69) is 36.1 Å². The first-order valence-corrected chi connectivity index (χ1v) is 11.7. The van der Waals surface area contributed by atoms with Gasteiger partial charge in [0.05, 0.1) is 0 Å². The molecule has 0 aliphatic carbocycles. The second-order valence-electron chi connectivity index (χ2n) is 7.59. The third-order valence-electron chi connectivity index (χ3n) is 5.05. The molecule has 3 aromatic rings. The molecule has 7 heteroatoms. The number of hydrogen-bond acceptors (Lipinski definition) is 5. The van der Waals surface area contributed by atoms with Crippen molar-refractivity contribution in [1.82, 2.24) is 4.90 Å². The van der Waals surface area contributed by atoms with Crippen LogP contribution in [0.4, 0.5) is 0 Å². The molecule has 0 saturated carbocycles. The zero-order valence-corrected chi connectivity index (χ0v) is 22.5. The molecule has 1 atom stereocenters. The molecule has 0 radical (unpaired) electrons. The summed E-state index contributed by atoms with van der Waals surface area (Å²) in [7, 11) is 1.10. The van der Waals surface area contributed by atoms with Crippen molar-refractivity contribution in [1.29, 1.82) is 0 Å². The smallest absolute Gasteiger partial charge is 0.558 e. The third-order valence-corrected chi connectivity index (χ3v) is 5.41. The summed E-state index contributed by atoms with van der Waals surface area (Å²) in [6.45, 7) is 3.62. The molecule has 3 aromatic carbocycles. The third kappa shape index (κ3) is 8.08. The number of likely N-dealkylation sites (N-methyl/N-ethyl adjacent to an activating group) is 1. The van der Waals surface area contributed by atoms with E-state index >= 15 is 0 Å². The molecule has 0 spiro atoms. The number of rotatable bonds is 10. The van der Waals surface area contributed by atoms with E-state index < -0.39 is 8.25 Å². The van der Waals surface area contributed by atoms with E-state index in [0.29, 0.717) is 12.4 Å². The Hall–Kier alpha value is -1.98. The van der Waals surface area contributed by atoms with Crippen molar-refractivity contribution in [3.63, 3.8) is 0 Å². The van der Waals surface area contributed by atoms with Crippen LogP contribution >= 0.6 is 8.25 Å². The summed E-state index contributed by atoms with van der Waals surface area (Å²) in [6.07, 6.45) is 0.838. The first-order valence-electron chi connectivity index (χ1n) is 10.6. The molecule has 33 heavy (non-hydrogen) atoms. The minimum absolute atomic E-state index is 0. The van der Waals surface area contributed by atoms with Crippen molar-refractivity contribution < 1.29 is 48.3 Å². The summed E-state index contributed by atoms with van der Waals surface area (Å²) < 4.78 is 21.5. The molecule has 0 aliphatic heterocycles. The Labute approximate surface area is 219 Å². The molecule has 0 bridgehead atoms. The van der Waals surface area contributed by atoms with Gasteiger partial charge in [0.15, 0.2) is 5.75 Å². The van der Waals surface area contributed by atoms with Gasteiger partial charge < -0.3 is 14.5 Å². The Morgan fingerprint density at radius 3 is 1.88 bits per heavy atom. The van der Waals surface area contributed by atoms with E-state index in [4.69, 9.17) is 9.26 Å². The predicted molar refractivity (Wildman–Crippen MR) is 128 cm³/mol. The van der Waals surface area contributed by atoms with E-state index in [0.717, 1.165) is 41.0 Å². The second-order valence-corrected chi connectivity index (χ2v) is 8.22. The maximum Gasteiger partial charge on any atom is 1.00 e. The Bertz CT molecular complexity index is 1050. The SMILES string of the molecule is CC/C(=C(\c1ccc(OCCN(C)C)cc1)c1ccc(O[P+](=O)[O-])cc1)c1ccccc1.[Na+]. The van der Waals surface area contributed by atoms with Gasteiger partial charge in [-0.3, -0.25) is 4.52 Å². The summed E-state index contributed by atoms with van der Waals surface area (Å²) in [5.74, 6) is 1.13. The molecule has 0 saturated heterocycles. The predicted octanol–water partition coefficient (Wildman–Crippen LogP) is 2.40. The molecule has 0 aliphatic rings. The number of ether oxygens (including phenoxy) is 1. The molecule has 3 rings (SSSR count). The van der Waals surface area contributed by atoms with Crippen LogP contribution in [0.5, 0.6) is 11.5 Å². The molecule has 0 heterocycles. The minimum Gasteiger partial charge on any atom is -0.558 e. The zero-order valence-electron chi connectivity index (χ0n) is 19.7. The Balaban J connectivity index is 0.00000385.